The van der Waals surface area contributed by atoms with E-state index in [1.54, 1.807) is 41.3 Å². The van der Waals surface area contributed by atoms with Crippen molar-refractivity contribution in [3.63, 3.8) is 0 Å². The maximum absolute atomic E-state index is 13.1. The number of carbonyl (C=O) groups is 1. The van der Waals surface area contributed by atoms with E-state index in [2.05, 4.69) is 4.90 Å². The Morgan fingerprint density at radius 3 is 2.17 bits per heavy atom. The first-order chi connectivity index (χ1) is 14.3. The summed E-state index contributed by atoms with van der Waals surface area (Å²) in [5.74, 6) is 0.0914. The zero-order valence-electron chi connectivity index (χ0n) is 17.1. The van der Waals surface area contributed by atoms with Crippen molar-refractivity contribution in [3.05, 3.63) is 54.3 Å². The molecule has 1 fully saturated rings. The smallest absolute Gasteiger partial charge is 0.243 e. The van der Waals surface area contributed by atoms with Crippen molar-refractivity contribution in [2.75, 3.05) is 54.8 Å². The SMILES string of the molecule is CCOc1ccc(N(CC(=O)N2CCN(c3ccc(F)cc3)CC2)S(C)(=O)=O)cc1. The summed E-state index contributed by atoms with van der Waals surface area (Å²) in [7, 11) is -3.64. The molecule has 7 nitrogen and oxygen atoms in total. The Morgan fingerprint density at radius 2 is 1.63 bits per heavy atom. The molecule has 1 aliphatic heterocycles. The highest BCUT2D eigenvalue weighted by Crippen LogP contribution is 2.22. The van der Waals surface area contributed by atoms with Crippen molar-refractivity contribution >= 4 is 27.3 Å². The van der Waals surface area contributed by atoms with E-state index >= 15 is 0 Å². The van der Waals surface area contributed by atoms with E-state index in [1.807, 2.05) is 6.92 Å². The fourth-order valence-electron chi connectivity index (χ4n) is 3.36. The predicted molar refractivity (Wildman–Crippen MR) is 115 cm³/mol. The Morgan fingerprint density at radius 1 is 1.03 bits per heavy atom. The maximum Gasteiger partial charge on any atom is 0.243 e. The molecule has 0 aromatic heterocycles. The van der Waals surface area contributed by atoms with Crippen molar-refractivity contribution in [1.29, 1.82) is 0 Å². The molecule has 0 spiro atoms. The first-order valence-electron chi connectivity index (χ1n) is 9.77. The van der Waals surface area contributed by atoms with Crippen LogP contribution in [-0.2, 0) is 14.8 Å². The molecular weight excluding hydrogens is 409 g/mol. The van der Waals surface area contributed by atoms with Crippen molar-refractivity contribution in [2.45, 2.75) is 6.92 Å². The second-order valence-electron chi connectivity index (χ2n) is 7.04. The highest BCUT2D eigenvalue weighted by Gasteiger charge is 2.26. The third-order valence-electron chi connectivity index (χ3n) is 4.94. The van der Waals surface area contributed by atoms with Crippen LogP contribution in [0.3, 0.4) is 0 Å². The van der Waals surface area contributed by atoms with Gasteiger partial charge in [-0.1, -0.05) is 0 Å². The molecule has 0 N–H and O–H groups in total. The van der Waals surface area contributed by atoms with E-state index in [0.29, 0.717) is 44.2 Å². The number of piperazine rings is 1. The molecule has 2 aromatic carbocycles. The lowest BCUT2D eigenvalue weighted by atomic mass is 10.2. The number of hydrogen-bond donors (Lipinski definition) is 0. The molecule has 1 saturated heterocycles. The second-order valence-corrected chi connectivity index (χ2v) is 8.95. The van der Waals surface area contributed by atoms with Crippen LogP contribution in [0.5, 0.6) is 5.75 Å². The topological polar surface area (TPSA) is 70.2 Å². The van der Waals surface area contributed by atoms with Crippen LogP contribution < -0.4 is 13.9 Å². The van der Waals surface area contributed by atoms with Gasteiger partial charge in [0.15, 0.2) is 0 Å². The van der Waals surface area contributed by atoms with Crippen LogP contribution in [0.2, 0.25) is 0 Å². The summed E-state index contributed by atoms with van der Waals surface area (Å²) in [6, 6.07) is 12.9. The summed E-state index contributed by atoms with van der Waals surface area (Å²) in [6.45, 7) is 4.25. The fourth-order valence-corrected chi connectivity index (χ4v) is 4.21. The van der Waals surface area contributed by atoms with Gasteiger partial charge < -0.3 is 14.5 Å². The van der Waals surface area contributed by atoms with Crippen molar-refractivity contribution in [2.24, 2.45) is 0 Å². The molecule has 1 aliphatic rings. The van der Waals surface area contributed by atoms with E-state index in [4.69, 9.17) is 4.74 Å². The fraction of sp³-hybridized carbons (Fsp3) is 0.381. The molecule has 1 amide bonds. The van der Waals surface area contributed by atoms with Crippen molar-refractivity contribution in [3.8, 4) is 5.75 Å². The molecule has 1 heterocycles. The van der Waals surface area contributed by atoms with Gasteiger partial charge in [-0.15, -0.1) is 0 Å². The third kappa shape index (κ3) is 5.41. The number of carbonyl (C=O) groups excluding carboxylic acids is 1. The molecule has 0 aliphatic carbocycles. The molecule has 9 heteroatoms. The molecule has 30 heavy (non-hydrogen) atoms. The van der Waals surface area contributed by atoms with Gasteiger partial charge in [0.25, 0.3) is 0 Å². The second kappa shape index (κ2) is 9.34. The minimum Gasteiger partial charge on any atom is -0.494 e. The number of sulfonamides is 1. The minimum atomic E-state index is -3.64. The van der Waals surface area contributed by atoms with Crippen LogP contribution in [-0.4, -0.2) is 64.8 Å². The summed E-state index contributed by atoms with van der Waals surface area (Å²) < 4.78 is 44.2. The monoisotopic (exact) mass is 435 g/mol. The number of benzene rings is 2. The molecular formula is C21H26FN3O4S. The molecule has 162 valence electrons. The average molecular weight is 436 g/mol. The quantitative estimate of drug-likeness (QED) is 0.668. The lowest BCUT2D eigenvalue weighted by Crippen LogP contribution is -2.52. The Bertz CT molecular complexity index is 957. The van der Waals surface area contributed by atoms with Crippen molar-refractivity contribution in [1.82, 2.24) is 4.90 Å². The van der Waals surface area contributed by atoms with Gasteiger partial charge in [-0.2, -0.15) is 0 Å². The van der Waals surface area contributed by atoms with Crippen LogP contribution in [0.15, 0.2) is 48.5 Å². The zero-order chi connectivity index (χ0) is 21.7. The molecule has 2 aromatic rings. The van der Waals surface area contributed by atoms with Crippen LogP contribution in [0.1, 0.15) is 6.92 Å². The van der Waals surface area contributed by atoms with Crippen LogP contribution in [0, 0.1) is 5.82 Å². The first-order valence-corrected chi connectivity index (χ1v) is 11.6. The van der Waals surface area contributed by atoms with Gasteiger partial charge in [-0.3, -0.25) is 9.10 Å². The van der Waals surface area contributed by atoms with E-state index in [-0.39, 0.29) is 18.3 Å². The maximum atomic E-state index is 13.1. The number of hydrogen-bond acceptors (Lipinski definition) is 5. The Hall–Kier alpha value is -2.81. The molecule has 0 radical (unpaired) electrons. The Balaban J connectivity index is 1.64. The lowest BCUT2D eigenvalue weighted by molar-refractivity contribution is -0.129. The summed E-state index contributed by atoms with van der Waals surface area (Å²) >= 11 is 0. The van der Waals surface area contributed by atoms with E-state index in [9.17, 15) is 17.6 Å². The first kappa shape index (κ1) is 21.9. The van der Waals surface area contributed by atoms with Gasteiger partial charge in [0.2, 0.25) is 15.9 Å². The van der Waals surface area contributed by atoms with Gasteiger partial charge in [0.05, 0.1) is 18.6 Å². The van der Waals surface area contributed by atoms with Gasteiger partial charge in [0, 0.05) is 31.9 Å². The van der Waals surface area contributed by atoms with Crippen LogP contribution in [0.25, 0.3) is 0 Å². The van der Waals surface area contributed by atoms with Gasteiger partial charge in [0.1, 0.15) is 18.1 Å². The number of ether oxygens (including phenoxy) is 1. The zero-order valence-corrected chi connectivity index (χ0v) is 17.9. The summed E-state index contributed by atoms with van der Waals surface area (Å²) in [6.07, 6.45) is 1.09. The third-order valence-corrected chi connectivity index (χ3v) is 6.08. The normalized spacial score (nSPS) is 14.5. The predicted octanol–water partition coefficient (Wildman–Crippen LogP) is 2.34. The molecule has 0 unspecified atom stereocenters. The summed E-state index contributed by atoms with van der Waals surface area (Å²) in [5.41, 5.74) is 1.31. The number of nitrogens with zero attached hydrogens (tertiary/aromatic N) is 3. The number of rotatable bonds is 7. The number of anilines is 2. The molecule has 0 atom stereocenters. The highest BCUT2D eigenvalue weighted by molar-refractivity contribution is 7.92. The van der Waals surface area contributed by atoms with Crippen molar-refractivity contribution < 1.29 is 22.3 Å². The molecule has 0 saturated carbocycles. The van der Waals surface area contributed by atoms with Gasteiger partial charge >= 0.3 is 0 Å². The standard InChI is InChI=1S/C21H26FN3O4S/c1-3-29-20-10-8-19(9-11-20)25(30(2,27)28)16-21(26)24-14-12-23(13-15-24)18-6-4-17(22)5-7-18/h4-11H,3,12-16H2,1-2H3. The largest absolute Gasteiger partial charge is 0.494 e. The van der Waals surface area contributed by atoms with Gasteiger partial charge in [-0.25, -0.2) is 12.8 Å². The number of amides is 1. The minimum absolute atomic E-state index is 0.256. The Kier molecular flexibility index (Phi) is 6.81. The number of halogens is 1. The van der Waals surface area contributed by atoms with Crippen LogP contribution >= 0.6 is 0 Å². The Labute approximate surface area is 176 Å². The van der Waals surface area contributed by atoms with Crippen LogP contribution in [0.4, 0.5) is 15.8 Å². The summed E-state index contributed by atoms with van der Waals surface area (Å²) in [4.78, 5) is 16.5. The van der Waals surface area contributed by atoms with Gasteiger partial charge in [-0.05, 0) is 55.5 Å². The van der Waals surface area contributed by atoms with E-state index in [1.165, 1.54) is 12.1 Å². The molecule has 0 bridgehead atoms. The highest BCUT2D eigenvalue weighted by atomic mass is 32.2. The lowest BCUT2D eigenvalue weighted by Gasteiger charge is -2.37. The molecule has 3 rings (SSSR count). The summed E-state index contributed by atoms with van der Waals surface area (Å²) in [5, 5.41) is 0. The van der Waals surface area contributed by atoms with E-state index in [0.717, 1.165) is 16.2 Å². The van der Waals surface area contributed by atoms with E-state index < -0.39 is 10.0 Å². The average Bonchev–Trinajstić information content (AvgIpc) is 2.73.